The van der Waals surface area contributed by atoms with Crippen molar-refractivity contribution in [2.24, 2.45) is 0 Å². The summed E-state index contributed by atoms with van der Waals surface area (Å²) in [5.41, 5.74) is 1.72. The van der Waals surface area contributed by atoms with Crippen LogP contribution in [-0.2, 0) is 5.75 Å². The minimum atomic E-state index is -1.36. The van der Waals surface area contributed by atoms with Crippen molar-refractivity contribution in [3.8, 4) is 0 Å². The number of rotatable bonds is 5. The first-order chi connectivity index (χ1) is 6.74. The van der Waals surface area contributed by atoms with Gasteiger partial charge in [0.2, 0.25) is 0 Å². The minimum Gasteiger partial charge on any atom is -0.423 e. The Morgan fingerprint density at radius 1 is 1.36 bits per heavy atom. The first kappa shape index (κ1) is 11.6. The monoisotopic (exact) mass is 210 g/mol. The minimum absolute atomic E-state index is 0.569. The van der Waals surface area contributed by atoms with Crippen LogP contribution in [-0.4, -0.2) is 22.9 Å². The molecule has 0 radical (unpaired) electrons. The maximum absolute atomic E-state index is 8.97. The molecule has 1 aromatic carbocycles. The molecule has 1 aromatic rings. The van der Waals surface area contributed by atoms with Crippen molar-refractivity contribution in [1.82, 2.24) is 0 Å². The normalized spacial score (nSPS) is 10.2. The third kappa shape index (κ3) is 3.74. The van der Waals surface area contributed by atoms with Gasteiger partial charge in [-0.2, -0.15) is 11.8 Å². The average molecular weight is 210 g/mol. The van der Waals surface area contributed by atoms with E-state index in [4.69, 9.17) is 10.0 Å². The van der Waals surface area contributed by atoms with Crippen LogP contribution in [0.1, 0.15) is 18.9 Å². The van der Waals surface area contributed by atoms with Gasteiger partial charge in [-0.3, -0.25) is 0 Å². The second kappa shape index (κ2) is 6.12. The van der Waals surface area contributed by atoms with Crippen molar-refractivity contribution < 1.29 is 10.0 Å². The van der Waals surface area contributed by atoms with E-state index in [-0.39, 0.29) is 0 Å². The van der Waals surface area contributed by atoms with Crippen LogP contribution in [0.5, 0.6) is 0 Å². The lowest BCUT2D eigenvalue weighted by atomic mass is 9.80. The van der Waals surface area contributed by atoms with Gasteiger partial charge in [0.15, 0.2) is 0 Å². The molecule has 0 bridgehead atoms. The van der Waals surface area contributed by atoms with E-state index in [2.05, 4.69) is 6.92 Å². The van der Waals surface area contributed by atoms with E-state index >= 15 is 0 Å². The maximum Gasteiger partial charge on any atom is 0.488 e. The van der Waals surface area contributed by atoms with Crippen LogP contribution in [0.2, 0.25) is 0 Å². The van der Waals surface area contributed by atoms with E-state index in [1.807, 2.05) is 30.0 Å². The fraction of sp³-hybridized carbons (Fsp3) is 0.400. The summed E-state index contributed by atoms with van der Waals surface area (Å²) in [5.74, 6) is 2.08. The van der Waals surface area contributed by atoms with Crippen LogP contribution < -0.4 is 5.46 Å². The van der Waals surface area contributed by atoms with Gasteiger partial charge >= 0.3 is 7.12 Å². The lowest BCUT2D eigenvalue weighted by Gasteiger charge is -2.03. The van der Waals surface area contributed by atoms with Gasteiger partial charge in [-0.1, -0.05) is 31.2 Å². The van der Waals surface area contributed by atoms with Gasteiger partial charge < -0.3 is 10.0 Å². The summed E-state index contributed by atoms with van der Waals surface area (Å²) in [6.07, 6.45) is 1.17. The van der Waals surface area contributed by atoms with Crippen molar-refractivity contribution >= 4 is 24.3 Å². The highest BCUT2D eigenvalue weighted by molar-refractivity contribution is 7.98. The van der Waals surface area contributed by atoms with E-state index < -0.39 is 7.12 Å². The Hall–Kier alpha value is -0.445. The van der Waals surface area contributed by atoms with Crippen molar-refractivity contribution in [2.75, 3.05) is 5.75 Å². The van der Waals surface area contributed by atoms with Crippen molar-refractivity contribution in [1.29, 1.82) is 0 Å². The molecule has 76 valence electrons. The van der Waals surface area contributed by atoms with E-state index in [0.717, 1.165) is 17.1 Å². The topological polar surface area (TPSA) is 40.5 Å². The molecule has 0 aliphatic carbocycles. The Balaban J connectivity index is 2.55. The molecule has 0 fully saturated rings. The van der Waals surface area contributed by atoms with E-state index in [1.165, 1.54) is 6.42 Å². The number of benzene rings is 1. The van der Waals surface area contributed by atoms with Gasteiger partial charge in [-0.05, 0) is 23.2 Å². The van der Waals surface area contributed by atoms with Crippen molar-refractivity contribution in [3.63, 3.8) is 0 Å². The lowest BCUT2D eigenvalue weighted by Crippen LogP contribution is -2.29. The fourth-order valence-corrected chi connectivity index (χ4v) is 2.03. The molecule has 2 nitrogen and oxygen atoms in total. The second-order valence-corrected chi connectivity index (χ2v) is 4.28. The van der Waals surface area contributed by atoms with Crippen molar-refractivity contribution in [2.45, 2.75) is 19.1 Å². The summed E-state index contributed by atoms with van der Waals surface area (Å²) in [4.78, 5) is 0. The Morgan fingerprint density at radius 3 is 2.79 bits per heavy atom. The molecule has 2 N–H and O–H groups in total. The van der Waals surface area contributed by atoms with E-state index in [0.29, 0.717) is 5.46 Å². The zero-order chi connectivity index (χ0) is 10.4. The van der Waals surface area contributed by atoms with E-state index in [9.17, 15) is 0 Å². The Labute approximate surface area is 89.5 Å². The summed E-state index contributed by atoms with van der Waals surface area (Å²) < 4.78 is 0. The second-order valence-electron chi connectivity index (χ2n) is 3.17. The first-order valence-corrected chi connectivity index (χ1v) is 5.92. The Morgan fingerprint density at radius 2 is 2.14 bits per heavy atom. The number of hydrogen-bond donors (Lipinski definition) is 2. The van der Waals surface area contributed by atoms with E-state index in [1.54, 1.807) is 6.07 Å². The fourth-order valence-electron chi connectivity index (χ4n) is 1.18. The van der Waals surface area contributed by atoms with Crippen LogP contribution in [0, 0.1) is 0 Å². The number of thioether (sulfide) groups is 1. The highest BCUT2D eigenvalue weighted by atomic mass is 32.2. The average Bonchev–Trinajstić information content (AvgIpc) is 2.19. The largest absolute Gasteiger partial charge is 0.488 e. The summed E-state index contributed by atoms with van der Waals surface area (Å²) in [6.45, 7) is 2.15. The quantitative estimate of drug-likeness (QED) is 0.562. The molecular formula is C10H15BO2S. The molecule has 0 heterocycles. The van der Waals surface area contributed by atoms with Gasteiger partial charge in [-0.15, -0.1) is 0 Å². The summed E-state index contributed by atoms with van der Waals surface area (Å²) in [5, 5.41) is 17.9. The highest BCUT2D eigenvalue weighted by Crippen LogP contribution is 2.11. The molecule has 0 aromatic heterocycles. The molecule has 0 aliphatic rings. The Bertz CT molecular complexity index is 279. The molecule has 14 heavy (non-hydrogen) atoms. The molecule has 0 amide bonds. The first-order valence-electron chi connectivity index (χ1n) is 4.76. The zero-order valence-corrected chi connectivity index (χ0v) is 9.13. The van der Waals surface area contributed by atoms with Crippen LogP contribution in [0.15, 0.2) is 24.3 Å². The van der Waals surface area contributed by atoms with Gasteiger partial charge in [0.1, 0.15) is 0 Å². The van der Waals surface area contributed by atoms with Gasteiger partial charge in [0.25, 0.3) is 0 Å². The SMILES string of the molecule is CCCSCc1cccc(B(O)O)c1. The maximum atomic E-state index is 8.97. The summed E-state index contributed by atoms with van der Waals surface area (Å²) in [6, 6.07) is 7.43. The Kier molecular flexibility index (Phi) is 5.08. The lowest BCUT2D eigenvalue weighted by molar-refractivity contribution is 0.425. The van der Waals surface area contributed by atoms with Gasteiger partial charge in [-0.25, -0.2) is 0 Å². The van der Waals surface area contributed by atoms with Crippen LogP contribution in [0.4, 0.5) is 0 Å². The predicted octanol–water partition coefficient (Wildman–Crippen LogP) is 1.01. The van der Waals surface area contributed by atoms with Gasteiger partial charge in [0, 0.05) is 5.75 Å². The third-order valence-corrected chi connectivity index (χ3v) is 3.10. The molecule has 0 saturated carbocycles. The van der Waals surface area contributed by atoms with Crippen molar-refractivity contribution in [3.05, 3.63) is 29.8 Å². The zero-order valence-electron chi connectivity index (χ0n) is 8.31. The number of hydrogen-bond acceptors (Lipinski definition) is 3. The van der Waals surface area contributed by atoms with Crippen LogP contribution in [0.3, 0.4) is 0 Å². The summed E-state index contributed by atoms with van der Waals surface area (Å²) in [7, 11) is -1.36. The molecule has 1 rings (SSSR count). The molecule has 0 spiro atoms. The predicted molar refractivity (Wildman–Crippen MR) is 62.7 cm³/mol. The highest BCUT2D eigenvalue weighted by Gasteiger charge is 2.10. The molecule has 0 atom stereocenters. The van der Waals surface area contributed by atoms with Crippen LogP contribution >= 0.6 is 11.8 Å². The summed E-state index contributed by atoms with van der Waals surface area (Å²) >= 11 is 1.86. The van der Waals surface area contributed by atoms with Crippen LogP contribution in [0.25, 0.3) is 0 Å². The molecule has 4 heteroatoms. The van der Waals surface area contributed by atoms with Gasteiger partial charge in [0.05, 0.1) is 0 Å². The molecule has 0 unspecified atom stereocenters. The smallest absolute Gasteiger partial charge is 0.423 e. The standard InChI is InChI=1S/C10H15BO2S/c1-2-6-14-8-9-4-3-5-10(7-9)11(12)13/h3-5,7,12-13H,2,6,8H2,1H3. The molecule has 0 saturated heterocycles. The third-order valence-electron chi connectivity index (χ3n) is 1.87. The molecular weight excluding hydrogens is 195 g/mol. The molecule has 0 aliphatic heterocycles.